The summed E-state index contributed by atoms with van der Waals surface area (Å²) in [5, 5.41) is 7.31. The smallest absolute Gasteiger partial charge is 0.252 e. The Morgan fingerprint density at radius 1 is 1.15 bits per heavy atom. The summed E-state index contributed by atoms with van der Waals surface area (Å²) in [6, 6.07) is 12.9. The molecule has 1 amide bonds. The van der Waals surface area contributed by atoms with E-state index in [1.165, 1.54) is 22.3 Å². The second-order valence-electron chi connectivity index (χ2n) is 7.11. The van der Waals surface area contributed by atoms with Crippen LogP contribution in [0, 0.1) is 0 Å². The fraction of sp³-hybridized carbons (Fsp3) is 0.227. The second-order valence-corrected chi connectivity index (χ2v) is 7.11. The number of rotatable bonds is 4. The van der Waals surface area contributed by atoms with Crippen molar-refractivity contribution in [3.8, 4) is 11.3 Å². The maximum atomic E-state index is 12.6. The average Bonchev–Trinajstić information content (AvgIpc) is 3.45. The standard InChI is InChI=1S/C22H21N3O/c1-23-12-13-2-4-15(5-3-13)21-17-8-9-24-22(26)18-10-16(14-6-7-14)11-19(25-21)20(17)18/h2-7,10-11,14,23,25H,8-9,12H2,1H3,(H,24,26). The number of H-pyrrole nitrogens is 1. The lowest BCUT2D eigenvalue weighted by Crippen LogP contribution is -2.23. The summed E-state index contributed by atoms with van der Waals surface area (Å²) in [7, 11) is 1.96. The van der Waals surface area contributed by atoms with Crippen LogP contribution in [0.2, 0.25) is 0 Å². The maximum absolute atomic E-state index is 12.6. The molecule has 0 unspecified atom stereocenters. The Bertz CT molecular complexity index is 1040. The van der Waals surface area contributed by atoms with Crippen LogP contribution in [0.15, 0.2) is 48.6 Å². The van der Waals surface area contributed by atoms with E-state index in [1.807, 2.05) is 7.05 Å². The summed E-state index contributed by atoms with van der Waals surface area (Å²) < 4.78 is 0. The molecule has 4 nitrogen and oxygen atoms in total. The molecule has 2 aliphatic rings. The number of hydrogen-bond acceptors (Lipinski definition) is 2. The van der Waals surface area contributed by atoms with Gasteiger partial charge >= 0.3 is 0 Å². The van der Waals surface area contributed by atoms with E-state index in [4.69, 9.17) is 0 Å². The van der Waals surface area contributed by atoms with Gasteiger partial charge in [0.25, 0.3) is 5.91 Å². The van der Waals surface area contributed by atoms with Gasteiger partial charge in [-0.1, -0.05) is 36.4 Å². The Morgan fingerprint density at radius 2 is 1.96 bits per heavy atom. The molecule has 4 heteroatoms. The van der Waals surface area contributed by atoms with Gasteiger partial charge < -0.3 is 15.6 Å². The van der Waals surface area contributed by atoms with Crippen molar-refractivity contribution in [1.29, 1.82) is 0 Å². The van der Waals surface area contributed by atoms with E-state index in [0.717, 1.165) is 35.1 Å². The predicted molar refractivity (Wildman–Crippen MR) is 104 cm³/mol. The number of amides is 1. The highest BCUT2D eigenvalue weighted by Gasteiger charge is 2.25. The molecule has 0 bridgehead atoms. The molecule has 2 aromatic carbocycles. The van der Waals surface area contributed by atoms with Crippen LogP contribution in [0.5, 0.6) is 0 Å². The Hall–Kier alpha value is -2.85. The van der Waals surface area contributed by atoms with Crippen LogP contribution < -0.4 is 10.6 Å². The molecule has 26 heavy (non-hydrogen) atoms. The highest BCUT2D eigenvalue weighted by molar-refractivity contribution is 6.10. The fourth-order valence-electron chi connectivity index (χ4n) is 3.96. The maximum Gasteiger partial charge on any atom is 0.252 e. The van der Waals surface area contributed by atoms with E-state index in [0.29, 0.717) is 12.5 Å². The van der Waals surface area contributed by atoms with Crippen molar-refractivity contribution < 1.29 is 4.79 Å². The molecular formula is C22H21N3O. The molecule has 3 N–H and O–H groups in total. The molecule has 0 spiro atoms. The lowest BCUT2D eigenvalue weighted by Gasteiger charge is -2.06. The van der Waals surface area contributed by atoms with Crippen molar-refractivity contribution >= 4 is 16.8 Å². The van der Waals surface area contributed by atoms with Crippen molar-refractivity contribution in [2.75, 3.05) is 13.6 Å². The Kier molecular flexibility index (Phi) is 3.47. The van der Waals surface area contributed by atoms with Crippen molar-refractivity contribution in [2.45, 2.75) is 18.9 Å². The van der Waals surface area contributed by atoms with Crippen molar-refractivity contribution in [2.24, 2.45) is 0 Å². The number of nitrogens with one attached hydrogen (secondary N) is 3. The van der Waals surface area contributed by atoms with Gasteiger partial charge in [0.1, 0.15) is 0 Å². The van der Waals surface area contributed by atoms with Crippen molar-refractivity contribution in [3.63, 3.8) is 0 Å². The zero-order valence-electron chi connectivity index (χ0n) is 14.7. The van der Waals surface area contributed by atoms with Gasteiger partial charge in [0, 0.05) is 41.2 Å². The van der Waals surface area contributed by atoms with Gasteiger partial charge in [0.2, 0.25) is 0 Å². The molecule has 130 valence electrons. The van der Waals surface area contributed by atoms with Gasteiger partial charge in [-0.15, -0.1) is 0 Å². The molecule has 0 atom stereocenters. The van der Waals surface area contributed by atoms with Crippen LogP contribution in [-0.4, -0.2) is 24.5 Å². The lowest BCUT2D eigenvalue weighted by atomic mass is 9.97. The number of carbonyl (C=O) groups is 1. The van der Waals surface area contributed by atoms with Crippen molar-refractivity contribution in [3.05, 3.63) is 70.8 Å². The van der Waals surface area contributed by atoms with E-state index in [2.05, 4.69) is 64.2 Å². The summed E-state index contributed by atoms with van der Waals surface area (Å²) >= 11 is 0. The van der Waals surface area contributed by atoms with E-state index in [9.17, 15) is 4.79 Å². The van der Waals surface area contributed by atoms with Gasteiger partial charge in [-0.3, -0.25) is 4.79 Å². The van der Waals surface area contributed by atoms with Crippen LogP contribution in [0.25, 0.3) is 22.2 Å². The first-order chi connectivity index (χ1) is 12.7. The number of carbonyl (C=O) groups excluding carboxylic acids is 1. The normalized spacial score (nSPS) is 16.0. The highest BCUT2D eigenvalue weighted by atomic mass is 16.1. The minimum Gasteiger partial charge on any atom is -0.354 e. The molecule has 0 saturated carbocycles. The number of hydrogen-bond donors (Lipinski definition) is 3. The molecule has 0 saturated heterocycles. The van der Waals surface area contributed by atoms with Crippen LogP contribution in [0.4, 0.5) is 0 Å². The van der Waals surface area contributed by atoms with Gasteiger partial charge in [0.05, 0.1) is 0 Å². The van der Waals surface area contributed by atoms with Crippen LogP contribution in [-0.2, 0) is 13.0 Å². The predicted octanol–water partition coefficient (Wildman–Crippen LogP) is 3.49. The van der Waals surface area contributed by atoms with E-state index >= 15 is 0 Å². The third kappa shape index (κ3) is 2.45. The summed E-state index contributed by atoms with van der Waals surface area (Å²) in [6.07, 6.45) is 5.16. The molecular weight excluding hydrogens is 322 g/mol. The van der Waals surface area contributed by atoms with Crippen molar-refractivity contribution in [1.82, 2.24) is 15.6 Å². The number of aromatic amines is 1. The third-order valence-corrected chi connectivity index (χ3v) is 5.32. The van der Waals surface area contributed by atoms with Gasteiger partial charge in [0.15, 0.2) is 0 Å². The molecule has 1 aliphatic heterocycles. The first kappa shape index (κ1) is 15.4. The zero-order valence-corrected chi connectivity index (χ0v) is 14.7. The van der Waals surface area contributed by atoms with Gasteiger partial charge in [-0.05, 0) is 47.9 Å². The Balaban J connectivity index is 1.69. The molecule has 1 aliphatic carbocycles. The van der Waals surface area contributed by atoms with Gasteiger partial charge in [-0.25, -0.2) is 0 Å². The van der Waals surface area contributed by atoms with Crippen LogP contribution >= 0.6 is 0 Å². The third-order valence-electron chi connectivity index (χ3n) is 5.32. The minimum absolute atomic E-state index is 0.0335. The highest BCUT2D eigenvalue weighted by Crippen LogP contribution is 2.38. The monoisotopic (exact) mass is 343 g/mol. The molecule has 0 radical (unpaired) electrons. The van der Waals surface area contributed by atoms with Gasteiger partial charge in [-0.2, -0.15) is 0 Å². The van der Waals surface area contributed by atoms with E-state index < -0.39 is 0 Å². The number of benzene rings is 2. The van der Waals surface area contributed by atoms with Crippen LogP contribution in [0.3, 0.4) is 0 Å². The SMILES string of the molecule is CNCc1ccc(-c2[nH]c3cc(C4C=C4)cc4c3c2CCNC4=O)cc1. The largest absolute Gasteiger partial charge is 0.354 e. The Labute approximate surface area is 152 Å². The molecule has 2 heterocycles. The minimum atomic E-state index is 0.0335. The fourth-order valence-corrected chi connectivity index (χ4v) is 3.96. The number of aromatic nitrogens is 1. The first-order valence-electron chi connectivity index (χ1n) is 9.13. The average molecular weight is 343 g/mol. The topological polar surface area (TPSA) is 56.9 Å². The van der Waals surface area contributed by atoms with Crippen LogP contribution in [0.1, 0.15) is 33.0 Å². The molecule has 3 aromatic rings. The molecule has 0 fully saturated rings. The second kappa shape index (κ2) is 5.85. The molecule has 1 aromatic heterocycles. The summed E-state index contributed by atoms with van der Waals surface area (Å²) in [4.78, 5) is 16.2. The first-order valence-corrected chi connectivity index (χ1v) is 9.13. The summed E-state index contributed by atoms with van der Waals surface area (Å²) in [5.41, 5.74) is 7.86. The summed E-state index contributed by atoms with van der Waals surface area (Å²) in [5.74, 6) is 0.411. The number of allylic oxidation sites excluding steroid dienone is 2. The molecule has 5 rings (SSSR count). The summed E-state index contributed by atoms with van der Waals surface area (Å²) in [6.45, 7) is 1.53. The lowest BCUT2D eigenvalue weighted by molar-refractivity contribution is 0.0957. The Morgan fingerprint density at radius 3 is 2.69 bits per heavy atom. The van der Waals surface area contributed by atoms with E-state index in [-0.39, 0.29) is 5.91 Å². The quantitative estimate of drug-likeness (QED) is 0.635. The zero-order chi connectivity index (χ0) is 17.7. The van der Waals surface area contributed by atoms with E-state index in [1.54, 1.807) is 0 Å².